The van der Waals surface area contributed by atoms with Crippen LogP contribution in [0.4, 0.5) is 5.69 Å². The van der Waals surface area contributed by atoms with Crippen LogP contribution in [0.1, 0.15) is 12.2 Å². The topological polar surface area (TPSA) is 86.4 Å². The number of anilines is 1. The average molecular weight is 362 g/mol. The second-order valence-corrected chi connectivity index (χ2v) is 6.57. The van der Waals surface area contributed by atoms with E-state index in [2.05, 4.69) is 9.97 Å². The minimum atomic E-state index is -0.588. The Bertz CT molecular complexity index is 1080. The maximum Gasteiger partial charge on any atom is 0.258 e. The number of benzene rings is 2. The van der Waals surface area contributed by atoms with Crippen LogP contribution in [-0.2, 0) is 16.1 Å². The minimum absolute atomic E-state index is 0.0992. The predicted molar refractivity (Wildman–Crippen MR) is 101 cm³/mol. The smallest absolute Gasteiger partial charge is 0.258 e. The van der Waals surface area contributed by atoms with Gasteiger partial charge in [0.1, 0.15) is 5.82 Å². The van der Waals surface area contributed by atoms with Gasteiger partial charge in [-0.15, -0.1) is 0 Å². The fourth-order valence-corrected chi connectivity index (χ4v) is 3.36. The molecule has 2 heterocycles. The van der Waals surface area contributed by atoms with Crippen molar-refractivity contribution in [2.24, 2.45) is 0 Å². The first-order valence-corrected chi connectivity index (χ1v) is 8.64. The molecule has 0 radical (unpaired) electrons. The van der Waals surface area contributed by atoms with E-state index >= 15 is 0 Å². The third-order valence-corrected chi connectivity index (χ3v) is 4.73. The molecule has 0 bridgehead atoms. The van der Waals surface area contributed by atoms with E-state index in [4.69, 9.17) is 0 Å². The minimum Gasteiger partial charge on any atom is -0.309 e. The summed E-state index contributed by atoms with van der Waals surface area (Å²) >= 11 is 0. The number of carbonyl (C=O) groups is 2. The largest absolute Gasteiger partial charge is 0.309 e. The third-order valence-electron chi connectivity index (χ3n) is 4.73. The summed E-state index contributed by atoms with van der Waals surface area (Å²) in [5, 5.41) is 0.520. The lowest BCUT2D eigenvalue weighted by atomic mass is 10.2. The number of imide groups is 1. The number of nitrogens with one attached hydrogen (secondary N) is 1. The summed E-state index contributed by atoms with van der Waals surface area (Å²) in [6.45, 7) is 0.256. The highest BCUT2D eigenvalue weighted by Gasteiger charge is 2.41. The van der Waals surface area contributed by atoms with E-state index in [0.717, 1.165) is 0 Å². The highest BCUT2D eigenvalue weighted by molar-refractivity contribution is 6.22. The Labute approximate surface area is 155 Å². The summed E-state index contributed by atoms with van der Waals surface area (Å²) in [6.07, 6.45) is 0.0992. The number of aromatic nitrogens is 2. The van der Waals surface area contributed by atoms with Crippen LogP contribution in [0, 0.1) is 0 Å². The number of H-pyrrole nitrogens is 1. The number of fused-ring (bicyclic) bond motifs is 1. The summed E-state index contributed by atoms with van der Waals surface area (Å²) in [4.78, 5) is 47.6. The molecule has 136 valence electrons. The normalized spacial score (nSPS) is 17.3. The third kappa shape index (κ3) is 3.13. The molecule has 1 saturated heterocycles. The van der Waals surface area contributed by atoms with Gasteiger partial charge in [-0.2, -0.15) is 0 Å². The van der Waals surface area contributed by atoms with Crippen molar-refractivity contribution in [3.8, 4) is 0 Å². The first-order valence-electron chi connectivity index (χ1n) is 8.64. The molecule has 7 nitrogen and oxygen atoms in total. The monoisotopic (exact) mass is 362 g/mol. The van der Waals surface area contributed by atoms with Crippen molar-refractivity contribution >= 4 is 28.4 Å². The number of rotatable bonds is 4. The molecule has 1 atom stereocenters. The number of likely N-dealkylation sites (N-methyl/N-ethyl adjacent to an activating group) is 1. The number of hydrogen-bond donors (Lipinski definition) is 1. The van der Waals surface area contributed by atoms with Crippen LogP contribution in [0.2, 0.25) is 0 Å². The highest BCUT2D eigenvalue weighted by Crippen LogP contribution is 2.25. The summed E-state index contributed by atoms with van der Waals surface area (Å²) in [5.41, 5.74) is 0.953. The van der Waals surface area contributed by atoms with Crippen molar-refractivity contribution in [3.63, 3.8) is 0 Å². The van der Waals surface area contributed by atoms with Crippen molar-refractivity contribution in [1.82, 2.24) is 14.9 Å². The first kappa shape index (κ1) is 17.1. The van der Waals surface area contributed by atoms with E-state index in [1.54, 1.807) is 54.4 Å². The van der Waals surface area contributed by atoms with E-state index in [1.807, 2.05) is 12.1 Å². The van der Waals surface area contributed by atoms with Gasteiger partial charge in [0.05, 0.1) is 35.6 Å². The van der Waals surface area contributed by atoms with Gasteiger partial charge in [0.2, 0.25) is 5.91 Å². The molecular weight excluding hydrogens is 344 g/mol. The summed E-state index contributed by atoms with van der Waals surface area (Å²) in [5.74, 6) is -0.0422. The zero-order valence-corrected chi connectivity index (χ0v) is 14.8. The Morgan fingerprint density at radius 3 is 2.56 bits per heavy atom. The molecule has 1 N–H and O–H groups in total. The fraction of sp³-hybridized carbons (Fsp3) is 0.200. The molecule has 1 aliphatic heterocycles. The number of amides is 2. The first-order chi connectivity index (χ1) is 13.0. The maximum atomic E-state index is 12.8. The molecule has 0 aliphatic carbocycles. The van der Waals surface area contributed by atoms with Crippen molar-refractivity contribution in [2.45, 2.75) is 19.0 Å². The molecule has 1 aliphatic rings. The van der Waals surface area contributed by atoms with Crippen LogP contribution >= 0.6 is 0 Å². The summed E-state index contributed by atoms with van der Waals surface area (Å²) in [7, 11) is 1.75. The van der Waals surface area contributed by atoms with E-state index < -0.39 is 6.04 Å². The molecule has 1 aromatic heterocycles. The van der Waals surface area contributed by atoms with Gasteiger partial charge >= 0.3 is 0 Å². The molecule has 2 aromatic carbocycles. The summed E-state index contributed by atoms with van der Waals surface area (Å²) < 4.78 is 0. The predicted octanol–water partition coefficient (Wildman–Crippen LogP) is 1.69. The lowest BCUT2D eigenvalue weighted by Crippen LogP contribution is -2.40. The molecule has 0 unspecified atom stereocenters. The molecule has 4 rings (SSSR count). The zero-order chi connectivity index (χ0) is 19.0. The van der Waals surface area contributed by atoms with E-state index in [-0.39, 0.29) is 30.3 Å². The van der Waals surface area contributed by atoms with Gasteiger partial charge in [-0.05, 0) is 31.3 Å². The van der Waals surface area contributed by atoms with Crippen molar-refractivity contribution in [3.05, 3.63) is 70.8 Å². The second kappa shape index (κ2) is 6.77. The van der Waals surface area contributed by atoms with Crippen LogP contribution in [0.15, 0.2) is 59.4 Å². The zero-order valence-electron chi connectivity index (χ0n) is 14.8. The quantitative estimate of drug-likeness (QED) is 0.714. The maximum absolute atomic E-state index is 12.8. The number of nitrogens with zero attached hydrogens (tertiary/aromatic N) is 3. The number of hydrogen-bond acceptors (Lipinski definition) is 5. The Kier molecular flexibility index (Phi) is 4.29. The Morgan fingerprint density at radius 2 is 1.78 bits per heavy atom. The van der Waals surface area contributed by atoms with Crippen molar-refractivity contribution in [2.75, 3.05) is 11.9 Å². The van der Waals surface area contributed by atoms with Gasteiger partial charge in [-0.1, -0.05) is 30.3 Å². The van der Waals surface area contributed by atoms with Gasteiger partial charge in [0.25, 0.3) is 11.5 Å². The molecule has 0 saturated carbocycles. The van der Waals surface area contributed by atoms with Crippen molar-refractivity contribution in [1.29, 1.82) is 0 Å². The summed E-state index contributed by atoms with van der Waals surface area (Å²) in [6, 6.07) is 15.4. The molecule has 2 amide bonds. The van der Waals surface area contributed by atoms with Crippen LogP contribution in [0.25, 0.3) is 10.9 Å². The number of aromatic amines is 1. The Hall–Kier alpha value is -3.32. The molecule has 27 heavy (non-hydrogen) atoms. The fourth-order valence-electron chi connectivity index (χ4n) is 3.36. The Morgan fingerprint density at radius 1 is 1.07 bits per heavy atom. The van der Waals surface area contributed by atoms with Gasteiger partial charge in [0.15, 0.2) is 0 Å². The standard InChI is InChI=1S/C20H18N4O3/c1-23(12-17-21-15-10-6-5-9-14(15)19(26)22-17)16-11-18(25)24(20(16)27)13-7-3-2-4-8-13/h2-10,16H,11-12H2,1H3,(H,21,22,26)/t16-/m0/s1. The highest BCUT2D eigenvalue weighted by atomic mass is 16.2. The SMILES string of the molecule is CN(Cc1nc2ccccc2c(=O)[nH]1)[C@H]1CC(=O)N(c2ccccc2)C1=O. The van der Waals surface area contributed by atoms with E-state index in [1.165, 1.54) is 4.90 Å². The van der Waals surface area contributed by atoms with Gasteiger partial charge < -0.3 is 4.98 Å². The van der Waals surface area contributed by atoms with Crippen LogP contribution in [-0.4, -0.2) is 39.8 Å². The Balaban J connectivity index is 1.57. The molecule has 3 aromatic rings. The lowest BCUT2D eigenvalue weighted by Gasteiger charge is -2.22. The molecule has 0 spiro atoms. The number of para-hydroxylation sites is 2. The molecule has 1 fully saturated rings. The van der Waals surface area contributed by atoms with Crippen LogP contribution in [0.5, 0.6) is 0 Å². The van der Waals surface area contributed by atoms with Gasteiger partial charge in [-0.3, -0.25) is 19.3 Å². The van der Waals surface area contributed by atoms with Crippen LogP contribution < -0.4 is 10.5 Å². The number of carbonyl (C=O) groups excluding carboxylic acids is 2. The lowest BCUT2D eigenvalue weighted by molar-refractivity contribution is -0.122. The van der Waals surface area contributed by atoms with E-state index in [0.29, 0.717) is 22.4 Å². The van der Waals surface area contributed by atoms with Crippen molar-refractivity contribution < 1.29 is 9.59 Å². The molecular formula is C20H18N4O3. The second-order valence-electron chi connectivity index (χ2n) is 6.57. The van der Waals surface area contributed by atoms with Crippen LogP contribution in [0.3, 0.4) is 0 Å². The average Bonchev–Trinajstić information content (AvgIpc) is 2.97. The van der Waals surface area contributed by atoms with Gasteiger partial charge in [-0.25, -0.2) is 9.88 Å². The molecule has 7 heteroatoms. The van der Waals surface area contributed by atoms with E-state index in [9.17, 15) is 14.4 Å². The van der Waals surface area contributed by atoms with Gasteiger partial charge in [0, 0.05) is 0 Å².